The minimum Gasteiger partial charge on any atom is -0.333 e. The Bertz CT molecular complexity index is 912. The Kier molecular flexibility index (Phi) is 4.54. The van der Waals surface area contributed by atoms with E-state index in [9.17, 15) is 13.2 Å². The Morgan fingerprint density at radius 2 is 1.73 bits per heavy atom. The highest BCUT2D eigenvalue weighted by atomic mass is 32.2. The Labute approximate surface area is 154 Å². The number of carbonyl (C=O) groups is 1. The molecule has 2 aromatic rings. The third-order valence-corrected chi connectivity index (χ3v) is 7.09. The zero-order valence-corrected chi connectivity index (χ0v) is 15.4. The third-order valence-electron chi connectivity index (χ3n) is 5.31. The van der Waals surface area contributed by atoms with Crippen molar-refractivity contribution in [3.8, 4) is 0 Å². The quantitative estimate of drug-likeness (QED) is 0.827. The van der Waals surface area contributed by atoms with Crippen molar-refractivity contribution in [3.63, 3.8) is 0 Å². The number of amides is 1. The molecule has 2 heterocycles. The molecule has 4 rings (SSSR count). The highest BCUT2D eigenvalue weighted by molar-refractivity contribution is 7.89. The molecule has 26 heavy (non-hydrogen) atoms. The van der Waals surface area contributed by atoms with E-state index in [1.807, 2.05) is 53.4 Å². The van der Waals surface area contributed by atoms with Crippen LogP contribution < -0.4 is 0 Å². The molecule has 0 spiro atoms. The molecular formula is C20H22N2O3S. The Hall–Kier alpha value is -2.18. The van der Waals surface area contributed by atoms with Crippen LogP contribution in [0.15, 0.2) is 54.6 Å². The molecule has 136 valence electrons. The van der Waals surface area contributed by atoms with Gasteiger partial charge in [0.2, 0.25) is 15.9 Å². The Balaban J connectivity index is 1.54. The molecule has 2 aliphatic heterocycles. The number of piperazine rings is 1. The normalized spacial score (nSPS) is 20.5. The SMILES string of the molecule is O=C1CN(S(=O)(=O)CCc2ccccc2)C[C@H]2c3ccccc3CCN12. The summed E-state index contributed by atoms with van der Waals surface area (Å²) in [6, 6.07) is 17.4. The number of hydrogen-bond acceptors (Lipinski definition) is 3. The number of fused-ring (bicyclic) bond motifs is 3. The van der Waals surface area contributed by atoms with Crippen molar-refractivity contribution in [2.24, 2.45) is 0 Å². The fourth-order valence-electron chi connectivity index (χ4n) is 3.88. The van der Waals surface area contributed by atoms with Crippen molar-refractivity contribution in [3.05, 3.63) is 71.3 Å². The van der Waals surface area contributed by atoms with Gasteiger partial charge in [0.25, 0.3) is 0 Å². The van der Waals surface area contributed by atoms with Gasteiger partial charge in [0.1, 0.15) is 0 Å². The van der Waals surface area contributed by atoms with Gasteiger partial charge in [-0.3, -0.25) is 4.79 Å². The minimum atomic E-state index is -3.48. The molecule has 0 saturated carbocycles. The Morgan fingerprint density at radius 3 is 2.54 bits per heavy atom. The van der Waals surface area contributed by atoms with Gasteiger partial charge in [-0.05, 0) is 29.5 Å². The summed E-state index contributed by atoms with van der Waals surface area (Å²) in [7, 11) is -3.48. The van der Waals surface area contributed by atoms with Crippen LogP contribution in [0.25, 0.3) is 0 Å². The topological polar surface area (TPSA) is 57.7 Å². The molecule has 6 heteroatoms. The molecular weight excluding hydrogens is 348 g/mol. The van der Waals surface area contributed by atoms with Crippen LogP contribution >= 0.6 is 0 Å². The summed E-state index contributed by atoms with van der Waals surface area (Å²) < 4.78 is 27.1. The molecule has 1 atom stereocenters. The van der Waals surface area contributed by atoms with Crippen LogP contribution in [0.3, 0.4) is 0 Å². The molecule has 2 aromatic carbocycles. The van der Waals surface area contributed by atoms with E-state index >= 15 is 0 Å². The van der Waals surface area contributed by atoms with Gasteiger partial charge in [-0.1, -0.05) is 54.6 Å². The van der Waals surface area contributed by atoms with Crippen molar-refractivity contribution < 1.29 is 13.2 Å². The molecule has 0 aromatic heterocycles. The van der Waals surface area contributed by atoms with Gasteiger partial charge in [0.05, 0.1) is 18.3 Å². The van der Waals surface area contributed by atoms with E-state index < -0.39 is 10.0 Å². The number of benzene rings is 2. The van der Waals surface area contributed by atoms with E-state index in [1.54, 1.807) is 0 Å². The average Bonchev–Trinajstić information content (AvgIpc) is 2.67. The van der Waals surface area contributed by atoms with E-state index in [2.05, 4.69) is 6.07 Å². The second-order valence-electron chi connectivity index (χ2n) is 6.90. The molecule has 0 unspecified atom stereocenters. The van der Waals surface area contributed by atoms with Gasteiger partial charge in [-0.2, -0.15) is 4.31 Å². The summed E-state index contributed by atoms with van der Waals surface area (Å²) in [6.07, 6.45) is 1.29. The van der Waals surface area contributed by atoms with Gasteiger partial charge in [0, 0.05) is 13.1 Å². The predicted octanol–water partition coefficient (Wildman–Crippen LogP) is 2.00. The van der Waals surface area contributed by atoms with Crippen molar-refractivity contribution in [2.45, 2.75) is 18.9 Å². The summed E-state index contributed by atoms with van der Waals surface area (Å²) in [5, 5.41) is 0. The van der Waals surface area contributed by atoms with Crippen molar-refractivity contribution in [1.29, 1.82) is 0 Å². The number of rotatable bonds is 4. The van der Waals surface area contributed by atoms with Crippen LogP contribution in [0.5, 0.6) is 0 Å². The van der Waals surface area contributed by atoms with Crippen LogP contribution in [0.2, 0.25) is 0 Å². The minimum absolute atomic E-state index is 0.0264. The monoisotopic (exact) mass is 370 g/mol. The number of sulfonamides is 1. The first kappa shape index (κ1) is 17.2. The van der Waals surface area contributed by atoms with Crippen molar-refractivity contribution >= 4 is 15.9 Å². The molecule has 5 nitrogen and oxygen atoms in total. The molecule has 0 aliphatic carbocycles. The summed E-state index contributed by atoms with van der Waals surface area (Å²) in [5.41, 5.74) is 3.28. The molecule has 1 fully saturated rings. The number of carbonyl (C=O) groups excluding carboxylic acids is 1. The third kappa shape index (κ3) is 3.27. The summed E-state index contributed by atoms with van der Waals surface area (Å²) in [4.78, 5) is 14.4. The molecule has 0 N–H and O–H groups in total. The maximum atomic E-state index is 12.8. The maximum Gasteiger partial charge on any atom is 0.238 e. The lowest BCUT2D eigenvalue weighted by molar-refractivity contribution is -0.138. The standard InChI is InChI=1S/C20H22N2O3S/c23-20-15-21(26(24,25)13-11-16-6-2-1-3-7-16)14-19-18-9-5-4-8-17(18)10-12-22(19)20/h1-9,19H,10-15H2/t19-/m0/s1. The number of aryl methyl sites for hydroxylation is 1. The lowest BCUT2D eigenvalue weighted by Gasteiger charge is -2.44. The molecule has 2 aliphatic rings. The van der Waals surface area contributed by atoms with E-state index in [-0.39, 0.29) is 24.2 Å². The van der Waals surface area contributed by atoms with Gasteiger partial charge < -0.3 is 4.90 Å². The van der Waals surface area contributed by atoms with E-state index in [0.717, 1.165) is 17.5 Å². The van der Waals surface area contributed by atoms with Crippen LogP contribution in [0, 0.1) is 0 Å². The number of nitrogens with zero attached hydrogens (tertiary/aromatic N) is 2. The first-order chi connectivity index (χ1) is 12.5. The molecule has 0 radical (unpaired) electrons. The molecule has 1 saturated heterocycles. The smallest absolute Gasteiger partial charge is 0.238 e. The highest BCUT2D eigenvalue weighted by Crippen LogP contribution is 2.33. The number of hydrogen-bond donors (Lipinski definition) is 0. The molecule has 1 amide bonds. The van der Waals surface area contributed by atoms with Gasteiger partial charge in [-0.25, -0.2) is 8.42 Å². The first-order valence-electron chi connectivity index (χ1n) is 8.93. The van der Waals surface area contributed by atoms with Crippen LogP contribution in [-0.2, 0) is 27.7 Å². The zero-order valence-electron chi connectivity index (χ0n) is 14.5. The van der Waals surface area contributed by atoms with Crippen molar-refractivity contribution in [2.75, 3.05) is 25.4 Å². The summed E-state index contributed by atoms with van der Waals surface area (Å²) >= 11 is 0. The zero-order chi connectivity index (χ0) is 18.1. The summed E-state index contributed by atoms with van der Waals surface area (Å²) in [6.45, 7) is 0.966. The lowest BCUT2D eigenvalue weighted by atomic mass is 9.91. The van der Waals surface area contributed by atoms with Crippen LogP contribution in [-0.4, -0.2) is 48.9 Å². The predicted molar refractivity (Wildman–Crippen MR) is 100 cm³/mol. The lowest BCUT2D eigenvalue weighted by Crippen LogP contribution is -2.56. The second-order valence-corrected chi connectivity index (χ2v) is 8.98. The Morgan fingerprint density at radius 1 is 1.00 bits per heavy atom. The van der Waals surface area contributed by atoms with E-state index in [1.165, 1.54) is 9.87 Å². The van der Waals surface area contributed by atoms with Gasteiger partial charge >= 0.3 is 0 Å². The van der Waals surface area contributed by atoms with E-state index in [4.69, 9.17) is 0 Å². The largest absolute Gasteiger partial charge is 0.333 e. The van der Waals surface area contributed by atoms with Crippen LogP contribution in [0.4, 0.5) is 0 Å². The van der Waals surface area contributed by atoms with Crippen molar-refractivity contribution in [1.82, 2.24) is 9.21 Å². The highest BCUT2D eigenvalue weighted by Gasteiger charge is 2.40. The van der Waals surface area contributed by atoms with E-state index in [0.29, 0.717) is 19.5 Å². The van der Waals surface area contributed by atoms with Crippen LogP contribution in [0.1, 0.15) is 22.7 Å². The fraction of sp³-hybridized carbons (Fsp3) is 0.350. The molecule has 0 bridgehead atoms. The van der Waals surface area contributed by atoms with Gasteiger partial charge in [0.15, 0.2) is 0 Å². The average molecular weight is 370 g/mol. The first-order valence-corrected chi connectivity index (χ1v) is 10.5. The fourth-order valence-corrected chi connectivity index (χ4v) is 5.31. The summed E-state index contributed by atoms with van der Waals surface area (Å²) in [5.74, 6) is -0.0717. The second kappa shape index (κ2) is 6.85. The maximum absolute atomic E-state index is 12.8. The van der Waals surface area contributed by atoms with Gasteiger partial charge in [-0.15, -0.1) is 0 Å².